The molecule has 0 aliphatic carbocycles. The summed E-state index contributed by atoms with van der Waals surface area (Å²) in [6.07, 6.45) is 1.72. The fourth-order valence-corrected chi connectivity index (χ4v) is 3.14. The molecule has 0 spiro atoms. The van der Waals surface area contributed by atoms with E-state index in [1.54, 1.807) is 32.5 Å². The van der Waals surface area contributed by atoms with Gasteiger partial charge in [-0.05, 0) is 29.8 Å². The van der Waals surface area contributed by atoms with Crippen LogP contribution in [0.25, 0.3) is 10.9 Å². The first-order chi connectivity index (χ1) is 12.9. The summed E-state index contributed by atoms with van der Waals surface area (Å²) in [7, 11) is -0.606. The van der Waals surface area contributed by atoms with Crippen molar-refractivity contribution in [3.05, 3.63) is 54.2 Å². The lowest BCUT2D eigenvalue weighted by Gasteiger charge is -2.13. The van der Waals surface area contributed by atoms with Gasteiger partial charge in [-0.1, -0.05) is 12.1 Å². The van der Waals surface area contributed by atoms with Crippen LogP contribution in [0.15, 0.2) is 48.7 Å². The van der Waals surface area contributed by atoms with Gasteiger partial charge in [-0.3, -0.25) is 9.71 Å². The van der Waals surface area contributed by atoms with E-state index in [2.05, 4.69) is 15.0 Å². The monoisotopic (exact) mass is 388 g/mol. The number of anilines is 2. The summed E-state index contributed by atoms with van der Waals surface area (Å²) in [5, 5.41) is 9.23. The molecule has 2 aromatic carbocycles. The van der Waals surface area contributed by atoms with Crippen molar-refractivity contribution in [1.29, 1.82) is 0 Å². The maximum Gasteiger partial charge on any atom is 0.296 e. The Balaban J connectivity index is 1.80. The number of nitrogens with zero attached hydrogens (tertiary/aromatic N) is 1. The normalized spacial score (nSPS) is 11.2. The quantitative estimate of drug-likeness (QED) is 0.573. The molecule has 4 N–H and O–H groups in total. The summed E-state index contributed by atoms with van der Waals surface area (Å²) in [6.45, 7) is 0.545. The molecular formula is C18H20N4O4S. The second-order valence-corrected chi connectivity index (χ2v) is 7.07. The molecule has 0 atom stereocenters. The minimum Gasteiger partial charge on any atom is -0.493 e. The third-order valence-corrected chi connectivity index (χ3v) is 4.46. The van der Waals surface area contributed by atoms with E-state index >= 15 is 0 Å². The fourth-order valence-electron chi connectivity index (χ4n) is 2.68. The van der Waals surface area contributed by atoms with Crippen LogP contribution in [-0.2, 0) is 16.8 Å². The van der Waals surface area contributed by atoms with Gasteiger partial charge in [-0.25, -0.2) is 5.14 Å². The van der Waals surface area contributed by atoms with Gasteiger partial charge in [-0.2, -0.15) is 8.42 Å². The van der Waals surface area contributed by atoms with Crippen LogP contribution in [0.4, 0.5) is 11.4 Å². The summed E-state index contributed by atoms with van der Waals surface area (Å²) < 4.78 is 35.0. The number of pyridine rings is 1. The molecule has 0 saturated carbocycles. The van der Waals surface area contributed by atoms with Crippen molar-refractivity contribution >= 4 is 32.5 Å². The average molecular weight is 388 g/mol. The number of hydrogen-bond acceptors (Lipinski definition) is 6. The molecule has 0 unspecified atom stereocenters. The van der Waals surface area contributed by atoms with Crippen LogP contribution in [0.5, 0.6) is 11.5 Å². The van der Waals surface area contributed by atoms with E-state index in [1.165, 1.54) is 0 Å². The summed E-state index contributed by atoms with van der Waals surface area (Å²) >= 11 is 0. The zero-order valence-electron chi connectivity index (χ0n) is 14.9. The third-order valence-electron chi connectivity index (χ3n) is 3.94. The molecule has 3 rings (SSSR count). The summed E-state index contributed by atoms with van der Waals surface area (Å²) in [5.41, 5.74) is 3.06. The Bertz CT molecular complexity index is 1050. The Hall–Kier alpha value is -3.04. The Labute approximate surface area is 157 Å². The molecule has 0 amide bonds. The molecule has 0 radical (unpaired) electrons. The van der Waals surface area contributed by atoms with Crippen molar-refractivity contribution in [2.24, 2.45) is 5.14 Å². The molecule has 27 heavy (non-hydrogen) atoms. The van der Waals surface area contributed by atoms with Crippen molar-refractivity contribution < 1.29 is 17.9 Å². The number of fused-ring (bicyclic) bond motifs is 1. The Morgan fingerprint density at radius 3 is 2.33 bits per heavy atom. The number of methoxy groups -OCH3 is 2. The SMILES string of the molecule is COc1cc2nccc(NCc3ccc(NS(N)(=O)=O)cc3)c2cc1OC. The Morgan fingerprint density at radius 1 is 1.04 bits per heavy atom. The molecule has 0 bridgehead atoms. The van der Waals surface area contributed by atoms with Gasteiger partial charge in [-0.15, -0.1) is 0 Å². The lowest BCUT2D eigenvalue weighted by atomic mass is 10.1. The fraction of sp³-hybridized carbons (Fsp3) is 0.167. The van der Waals surface area contributed by atoms with E-state index in [-0.39, 0.29) is 0 Å². The Kier molecular flexibility index (Phi) is 5.33. The molecule has 142 valence electrons. The van der Waals surface area contributed by atoms with Gasteiger partial charge < -0.3 is 14.8 Å². The first kappa shape index (κ1) is 18.7. The maximum absolute atomic E-state index is 11.0. The average Bonchev–Trinajstić information content (AvgIpc) is 2.65. The molecule has 0 aliphatic rings. The molecule has 9 heteroatoms. The van der Waals surface area contributed by atoms with Crippen LogP contribution in [0.1, 0.15) is 5.56 Å². The lowest BCUT2D eigenvalue weighted by Crippen LogP contribution is -2.21. The standard InChI is InChI=1S/C18H20N4O4S/c1-25-17-9-14-15(7-8-20-16(14)10-18(17)26-2)21-11-12-3-5-13(6-4-12)22-27(19,23)24/h3-10,22H,11H2,1-2H3,(H,20,21)(H2,19,23,24). The van der Waals surface area contributed by atoms with E-state index in [0.29, 0.717) is 23.7 Å². The lowest BCUT2D eigenvalue weighted by molar-refractivity contribution is 0.356. The van der Waals surface area contributed by atoms with E-state index < -0.39 is 10.2 Å². The van der Waals surface area contributed by atoms with Crippen molar-refractivity contribution in [3.63, 3.8) is 0 Å². The second-order valence-electron chi connectivity index (χ2n) is 5.78. The zero-order chi connectivity index (χ0) is 19.4. The van der Waals surface area contributed by atoms with Gasteiger partial charge >= 0.3 is 0 Å². The van der Waals surface area contributed by atoms with Crippen LogP contribution in [0.2, 0.25) is 0 Å². The highest BCUT2D eigenvalue weighted by molar-refractivity contribution is 7.90. The van der Waals surface area contributed by atoms with Crippen LogP contribution >= 0.6 is 0 Å². The highest BCUT2D eigenvalue weighted by atomic mass is 32.2. The first-order valence-electron chi connectivity index (χ1n) is 8.03. The van der Waals surface area contributed by atoms with Gasteiger partial charge in [0.15, 0.2) is 11.5 Å². The smallest absolute Gasteiger partial charge is 0.296 e. The minimum atomic E-state index is -3.78. The molecule has 0 fully saturated rings. The third kappa shape index (κ3) is 4.57. The number of benzene rings is 2. The zero-order valence-corrected chi connectivity index (χ0v) is 15.7. The molecular weight excluding hydrogens is 368 g/mol. The van der Waals surface area contributed by atoms with Crippen LogP contribution in [0.3, 0.4) is 0 Å². The van der Waals surface area contributed by atoms with Crippen LogP contribution < -0.4 is 24.7 Å². The highest BCUT2D eigenvalue weighted by Gasteiger charge is 2.10. The first-order valence-corrected chi connectivity index (χ1v) is 9.58. The van der Waals surface area contributed by atoms with Crippen LogP contribution in [-0.4, -0.2) is 27.6 Å². The van der Waals surface area contributed by atoms with E-state index in [4.69, 9.17) is 14.6 Å². The van der Waals surface area contributed by atoms with Crippen molar-refractivity contribution in [1.82, 2.24) is 4.98 Å². The summed E-state index contributed by atoms with van der Waals surface area (Å²) in [6, 6.07) is 12.5. The van der Waals surface area contributed by atoms with Crippen molar-refractivity contribution in [3.8, 4) is 11.5 Å². The second kappa shape index (κ2) is 7.68. The largest absolute Gasteiger partial charge is 0.493 e. The molecule has 3 aromatic rings. The molecule has 1 heterocycles. The minimum absolute atomic E-state index is 0.410. The van der Waals surface area contributed by atoms with Gasteiger partial charge in [0.1, 0.15) is 0 Å². The number of rotatable bonds is 7. The number of nitrogens with one attached hydrogen (secondary N) is 2. The van der Waals surface area contributed by atoms with Gasteiger partial charge in [0.05, 0.1) is 19.7 Å². The molecule has 0 aliphatic heterocycles. The van der Waals surface area contributed by atoms with Gasteiger partial charge in [0, 0.05) is 35.6 Å². The van der Waals surface area contributed by atoms with Gasteiger partial charge in [0.2, 0.25) is 0 Å². The summed E-state index contributed by atoms with van der Waals surface area (Å²) in [5.74, 6) is 1.24. The summed E-state index contributed by atoms with van der Waals surface area (Å²) in [4.78, 5) is 4.37. The van der Waals surface area contributed by atoms with E-state index in [9.17, 15) is 8.42 Å². The highest BCUT2D eigenvalue weighted by Crippen LogP contribution is 2.34. The number of aromatic nitrogens is 1. The van der Waals surface area contributed by atoms with Crippen molar-refractivity contribution in [2.45, 2.75) is 6.54 Å². The molecule has 1 aromatic heterocycles. The number of ether oxygens (including phenoxy) is 2. The van der Waals surface area contributed by atoms with E-state index in [0.717, 1.165) is 22.2 Å². The van der Waals surface area contributed by atoms with E-state index in [1.807, 2.05) is 30.3 Å². The van der Waals surface area contributed by atoms with Gasteiger partial charge in [0.25, 0.3) is 10.2 Å². The van der Waals surface area contributed by atoms with Crippen molar-refractivity contribution in [2.75, 3.05) is 24.3 Å². The maximum atomic E-state index is 11.0. The van der Waals surface area contributed by atoms with Crippen LogP contribution in [0, 0.1) is 0 Å². The number of hydrogen-bond donors (Lipinski definition) is 3. The Morgan fingerprint density at radius 2 is 1.70 bits per heavy atom. The molecule has 0 saturated heterocycles. The number of nitrogens with two attached hydrogens (primary N) is 1. The topological polar surface area (TPSA) is 116 Å². The predicted molar refractivity (Wildman–Crippen MR) is 105 cm³/mol. The predicted octanol–water partition coefficient (Wildman–Crippen LogP) is 2.48. The molecule has 8 nitrogen and oxygen atoms in total.